The SMILES string of the molecule is C[C@]1(C(=O)c2ccccc2)[C@@H]2C(=O)N(c3ccccc3)C(=O)[C@@H]2[C@@H]2c3ccccc3C=NN21. The molecule has 33 heavy (non-hydrogen) atoms. The quantitative estimate of drug-likeness (QED) is 0.463. The molecule has 3 aliphatic heterocycles. The molecular formula is C27H21N3O3. The zero-order chi connectivity index (χ0) is 22.7. The maximum Gasteiger partial charge on any atom is 0.240 e. The van der Waals surface area contributed by atoms with Gasteiger partial charge in [-0.15, -0.1) is 0 Å². The summed E-state index contributed by atoms with van der Waals surface area (Å²) >= 11 is 0. The molecule has 2 fully saturated rings. The number of nitrogens with zero attached hydrogens (tertiary/aromatic N) is 3. The van der Waals surface area contributed by atoms with Crippen LogP contribution in [0.15, 0.2) is 90.0 Å². The molecule has 3 aromatic rings. The van der Waals surface area contributed by atoms with Gasteiger partial charge in [-0.1, -0.05) is 72.8 Å². The lowest BCUT2D eigenvalue weighted by Crippen LogP contribution is -2.54. The Morgan fingerprint density at radius 2 is 1.48 bits per heavy atom. The van der Waals surface area contributed by atoms with Gasteiger partial charge in [0.25, 0.3) is 0 Å². The van der Waals surface area contributed by atoms with Crippen molar-refractivity contribution in [2.45, 2.75) is 18.5 Å². The highest BCUT2D eigenvalue weighted by Crippen LogP contribution is 2.57. The zero-order valence-electron chi connectivity index (χ0n) is 18.0. The molecule has 0 bridgehead atoms. The highest BCUT2D eigenvalue weighted by atomic mass is 16.2. The van der Waals surface area contributed by atoms with Gasteiger partial charge in [0, 0.05) is 5.56 Å². The number of fused-ring (bicyclic) bond motifs is 5. The molecule has 6 nitrogen and oxygen atoms in total. The number of carbonyl (C=O) groups excluding carboxylic acids is 3. The summed E-state index contributed by atoms with van der Waals surface area (Å²) in [6.07, 6.45) is 1.72. The van der Waals surface area contributed by atoms with Gasteiger partial charge in [-0.25, -0.2) is 4.90 Å². The molecule has 4 atom stereocenters. The van der Waals surface area contributed by atoms with Crippen molar-refractivity contribution in [1.82, 2.24) is 5.01 Å². The van der Waals surface area contributed by atoms with Crippen molar-refractivity contribution < 1.29 is 14.4 Å². The number of rotatable bonds is 3. The number of carbonyl (C=O) groups is 3. The Bertz CT molecular complexity index is 1320. The van der Waals surface area contributed by atoms with E-state index in [2.05, 4.69) is 5.10 Å². The third kappa shape index (κ3) is 2.55. The molecule has 0 radical (unpaired) electrons. The molecule has 3 aromatic carbocycles. The predicted octanol–water partition coefficient (Wildman–Crippen LogP) is 3.84. The van der Waals surface area contributed by atoms with E-state index >= 15 is 0 Å². The lowest BCUT2D eigenvalue weighted by atomic mass is 9.76. The number of benzene rings is 3. The first-order chi connectivity index (χ1) is 16.0. The fraction of sp³-hybridized carbons (Fsp3) is 0.185. The first kappa shape index (κ1) is 19.6. The molecule has 0 N–H and O–H groups in total. The fourth-order valence-electron chi connectivity index (χ4n) is 5.68. The van der Waals surface area contributed by atoms with Crippen LogP contribution in [0.2, 0.25) is 0 Å². The third-order valence-electron chi connectivity index (χ3n) is 7.18. The summed E-state index contributed by atoms with van der Waals surface area (Å²) in [7, 11) is 0. The minimum atomic E-state index is -1.31. The Hall–Kier alpha value is -4.06. The van der Waals surface area contributed by atoms with Crippen molar-refractivity contribution in [2.24, 2.45) is 16.9 Å². The summed E-state index contributed by atoms with van der Waals surface area (Å²) in [5, 5.41) is 6.35. The zero-order valence-corrected chi connectivity index (χ0v) is 18.0. The van der Waals surface area contributed by atoms with E-state index in [4.69, 9.17) is 0 Å². The minimum absolute atomic E-state index is 0.215. The van der Waals surface area contributed by atoms with Crippen molar-refractivity contribution in [3.8, 4) is 0 Å². The van der Waals surface area contributed by atoms with E-state index in [0.717, 1.165) is 11.1 Å². The topological polar surface area (TPSA) is 70.0 Å². The molecule has 3 heterocycles. The molecule has 2 amide bonds. The van der Waals surface area contributed by atoms with E-state index in [-0.39, 0.29) is 17.6 Å². The van der Waals surface area contributed by atoms with E-state index in [1.165, 1.54) is 4.90 Å². The molecule has 0 spiro atoms. The van der Waals surface area contributed by atoms with Gasteiger partial charge in [0.15, 0.2) is 5.78 Å². The molecular weight excluding hydrogens is 414 g/mol. The second-order valence-corrected chi connectivity index (χ2v) is 8.86. The van der Waals surface area contributed by atoms with Crippen LogP contribution in [0, 0.1) is 11.8 Å². The van der Waals surface area contributed by atoms with Gasteiger partial charge < -0.3 is 0 Å². The van der Waals surface area contributed by atoms with Crippen LogP contribution in [0.5, 0.6) is 0 Å². The number of hydrogen-bond acceptors (Lipinski definition) is 5. The Morgan fingerprint density at radius 1 is 0.848 bits per heavy atom. The molecule has 162 valence electrons. The first-order valence-electron chi connectivity index (χ1n) is 11.0. The Kier molecular flexibility index (Phi) is 4.14. The van der Waals surface area contributed by atoms with Crippen LogP contribution >= 0.6 is 0 Å². The Balaban J connectivity index is 1.56. The van der Waals surface area contributed by atoms with E-state index in [1.807, 2.05) is 36.4 Å². The van der Waals surface area contributed by atoms with Crippen molar-refractivity contribution in [3.05, 3.63) is 102 Å². The van der Waals surface area contributed by atoms with Crippen LogP contribution in [0.4, 0.5) is 5.69 Å². The van der Waals surface area contributed by atoms with Crippen LogP contribution in [-0.2, 0) is 9.59 Å². The van der Waals surface area contributed by atoms with Crippen molar-refractivity contribution >= 4 is 29.5 Å². The van der Waals surface area contributed by atoms with Crippen LogP contribution in [0.1, 0.15) is 34.5 Å². The fourth-order valence-corrected chi connectivity index (χ4v) is 5.68. The lowest BCUT2D eigenvalue weighted by Gasteiger charge is -2.40. The minimum Gasteiger partial charge on any atom is -0.291 e. The molecule has 2 saturated heterocycles. The van der Waals surface area contributed by atoms with E-state index in [9.17, 15) is 14.4 Å². The lowest BCUT2D eigenvalue weighted by molar-refractivity contribution is -0.124. The highest BCUT2D eigenvalue weighted by Gasteiger charge is 2.71. The number of imide groups is 1. The van der Waals surface area contributed by atoms with Gasteiger partial charge in [0.1, 0.15) is 5.54 Å². The number of anilines is 1. The molecule has 0 saturated carbocycles. The average Bonchev–Trinajstić information content (AvgIpc) is 3.29. The Morgan fingerprint density at radius 3 is 2.21 bits per heavy atom. The van der Waals surface area contributed by atoms with Gasteiger partial charge in [0.05, 0.1) is 29.8 Å². The van der Waals surface area contributed by atoms with E-state index in [0.29, 0.717) is 11.3 Å². The maximum atomic E-state index is 14.0. The molecule has 6 heteroatoms. The smallest absolute Gasteiger partial charge is 0.240 e. The van der Waals surface area contributed by atoms with Crippen LogP contribution in [0.3, 0.4) is 0 Å². The summed E-state index contributed by atoms with van der Waals surface area (Å²) in [5.74, 6) is -2.43. The van der Waals surface area contributed by atoms with Crippen molar-refractivity contribution in [1.29, 1.82) is 0 Å². The number of Topliss-reactive ketones (excluding diaryl/α,β-unsaturated/α-hetero) is 1. The number of hydrazone groups is 1. The highest BCUT2D eigenvalue weighted by molar-refractivity contribution is 6.25. The number of ketones is 1. The number of para-hydroxylation sites is 1. The number of hydrogen-bond donors (Lipinski definition) is 0. The molecule has 0 aliphatic carbocycles. The summed E-state index contributed by atoms with van der Waals surface area (Å²) < 4.78 is 0. The van der Waals surface area contributed by atoms with Crippen LogP contribution in [0.25, 0.3) is 0 Å². The van der Waals surface area contributed by atoms with Crippen molar-refractivity contribution in [2.75, 3.05) is 4.90 Å². The van der Waals surface area contributed by atoms with Gasteiger partial charge >= 0.3 is 0 Å². The van der Waals surface area contributed by atoms with E-state index < -0.39 is 23.4 Å². The molecule has 3 aliphatic rings. The van der Waals surface area contributed by atoms with Gasteiger partial charge in [-0.3, -0.25) is 19.4 Å². The number of amides is 2. The van der Waals surface area contributed by atoms with Crippen molar-refractivity contribution in [3.63, 3.8) is 0 Å². The predicted molar refractivity (Wildman–Crippen MR) is 124 cm³/mol. The summed E-state index contributed by atoms with van der Waals surface area (Å²) in [5.41, 5.74) is 1.51. The maximum absolute atomic E-state index is 14.0. The summed E-state index contributed by atoms with van der Waals surface area (Å²) in [6.45, 7) is 1.75. The normalized spacial score (nSPS) is 27.4. The average molecular weight is 435 g/mol. The van der Waals surface area contributed by atoms with Crippen LogP contribution in [-0.4, -0.2) is 34.4 Å². The second-order valence-electron chi connectivity index (χ2n) is 8.86. The second kappa shape index (κ2) is 6.97. The molecule has 6 rings (SSSR count). The summed E-state index contributed by atoms with van der Waals surface area (Å²) in [4.78, 5) is 42.9. The first-order valence-corrected chi connectivity index (χ1v) is 11.0. The molecule has 0 unspecified atom stereocenters. The standard InChI is InChI=1S/C27H21N3O3/c1-27(24(31)17-10-4-2-5-11-17)22-21(23-20-15-9-8-12-18(20)16-28-30(23)27)25(32)29(26(22)33)19-13-6-3-7-14-19/h2-16,21-23H,1H3/t21-,22-,23-,27+/m0/s1. The summed E-state index contributed by atoms with van der Waals surface area (Å²) in [6, 6.07) is 25.1. The molecule has 0 aromatic heterocycles. The van der Waals surface area contributed by atoms with Gasteiger partial charge in [-0.2, -0.15) is 5.10 Å². The largest absolute Gasteiger partial charge is 0.291 e. The van der Waals surface area contributed by atoms with E-state index in [1.54, 1.807) is 66.7 Å². The van der Waals surface area contributed by atoms with Gasteiger partial charge in [-0.05, 0) is 30.2 Å². The Labute approximate surface area is 191 Å². The van der Waals surface area contributed by atoms with Gasteiger partial charge in [0.2, 0.25) is 11.8 Å². The third-order valence-corrected chi connectivity index (χ3v) is 7.18. The monoisotopic (exact) mass is 435 g/mol. The van der Waals surface area contributed by atoms with Crippen LogP contribution < -0.4 is 4.90 Å².